The number of amides is 2. The Balaban J connectivity index is 2.29. The molecule has 2 amide bonds. The molecule has 5 heteroatoms. The van der Waals surface area contributed by atoms with Gasteiger partial charge in [-0.15, -0.1) is 11.8 Å². The molecule has 0 unspecified atom stereocenters. The average Bonchev–Trinajstić information content (AvgIpc) is 2.25. The second-order valence-electron chi connectivity index (χ2n) is 5.76. The molecule has 1 rings (SSSR count). The van der Waals surface area contributed by atoms with Crippen molar-refractivity contribution in [2.45, 2.75) is 51.3 Å². The van der Waals surface area contributed by atoms with E-state index in [1.807, 2.05) is 4.90 Å². The first-order valence-electron chi connectivity index (χ1n) is 6.47. The van der Waals surface area contributed by atoms with Crippen molar-refractivity contribution in [3.05, 3.63) is 0 Å². The maximum absolute atomic E-state index is 12.0. The van der Waals surface area contributed by atoms with Crippen molar-refractivity contribution in [2.75, 3.05) is 18.8 Å². The first-order valence-corrected chi connectivity index (χ1v) is 7.45. The summed E-state index contributed by atoms with van der Waals surface area (Å²) in [5.41, 5.74) is 0. The largest absolute Gasteiger partial charge is 0.353 e. The van der Waals surface area contributed by atoms with Gasteiger partial charge in [0.05, 0.1) is 5.75 Å². The Bertz CT molecular complexity index is 305. The summed E-state index contributed by atoms with van der Waals surface area (Å²) in [5.74, 6) is 0.785. The van der Waals surface area contributed by atoms with Gasteiger partial charge in [-0.05, 0) is 12.8 Å². The van der Waals surface area contributed by atoms with Gasteiger partial charge in [0, 0.05) is 30.8 Å². The van der Waals surface area contributed by atoms with Gasteiger partial charge >= 0.3 is 0 Å². The zero-order chi connectivity index (χ0) is 13.8. The maximum Gasteiger partial charge on any atom is 0.232 e. The van der Waals surface area contributed by atoms with E-state index in [9.17, 15) is 9.59 Å². The van der Waals surface area contributed by atoms with Crippen LogP contribution >= 0.6 is 11.8 Å². The molecule has 0 aromatic carbocycles. The van der Waals surface area contributed by atoms with Gasteiger partial charge in [0.25, 0.3) is 0 Å². The molecule has 1 fully saturated rings. The van der Waals surface area contributed by atoms with Gasteiger partial charge in [-0.25, -0.2) is 0 Å². The molecule has 1 aliphatic heterocycles. The van der Waals surface area contributed by atoms with Gasteiger partial charge in [-0.3, -0.25) is 9.59 Å². The smallest absolute Gasteiger partial charge is 0.232 e. The van der Waals surface area contributed by atoms with Crippen LogP contribution in [-0.2, 0) is 9.59 Å². The zero-order valence-electron chi connectivity index (χ0n) is 11.8. The molecule has 18 heavy (non-hydrogen) atoms. The van der Waals surface area contributed by atoms with Crippen LogP contribution in [0.3, 0.4) is 0 Å². The van der Waals surface area contributed by atoms with Crippen LogP contribution in [0.4, 0.5) is 0 Å². The molecule has 0 saturated carbocycles. The van der Waals surface area contributed by atoms with Crippen molar-refractivity contribution in [2.24, 2.45) is 0 Å². The standard InChI is InChI=1S/C13H24N2O2S/c1-10(16)14-11-5-7-15(8-6-11)12(17)9-18-13(2,3)4/h11H,5-9H2,1-4H3,(H,14,16). The third-order valence-corrected chi connectivity index (χ3v) is 4.14. The molecule has 1 aliphatic rings. The van der Waals surface area contributed by atoms with Gasteiger partial charge in [0.1, 0.15) is 0 Å². The van der Waals surface area contributed by atoms with E-state index in [1.54, 1.807) is 11.8 Å². The normalized spacial score (nSPS) is 17.7. The van der Waals surface area contributed by atoms with Crippen LogP contribution in [0.15, 0.2) is 0 Å². The number of rotatable bonds is 3. The van der Waals surface area contributed by atoms with Crippen molar-refractivity contribution in [3.63, 3.8) is 0 Å². The highest BCUT2D eigenvalue weighted by molar-refractivity contribution is 8.01. The van der Waals surface area contributed by atoms with Crippen LogP contribution in [0.25, 0.3) is 0 Å². The number of nitrogens with zero attached hydrogens (tertiary/aromatic N) is 1. The molecule has 0 bridgehead atoms. The SMILES string of the molecule is CC(=O)NC1CCN(C(=O)CSC(C)(C)C)CC1. The zero-order valence-corrected chi connectivity index (χ0v) is 12.6. The van der Waals surface area contributed by atoms with E-state index >= 15 is 0 Å². The van der Waals surface area contributed by atoms with Gasteiger partial charge in [0.15, 0.2) is 0 Å². The van der Waals surface area contributed by atoms with E-state index < -0.39 is 0 Å². The number of nitrogens with one attached hydrogen (secondary N) is 1. The fourth-order valence-corrected chi connectivity index (χ4v) is 2.67. The number of carbonyl (C=O) groups excluding carboxylic acids is 2. The van der Waals surface area contributed by atoms with E-state index in [2.05, 4.69) is 26.1 Å². The van der Waals surface area contributed by atoms with Crippen molar-refractivity contribution < 1.29 is 9.59 Å². The highest BCUT2D eigenvalue weighted by Crippen LogP contribution is 2.23. The van der Waals surface area contributed by atoms with Crippen LogP contribution < -0.4 is 5.32 Å². The molecule has 0 radical (unpaired) electrons. The summed E-state index contributed by atoms with van der Waals surface area (Å²) in [5, 5.41) is 2.92. The highest BCUT2D eigenvalue weighted by atomic mass is 32.2. The monoisotopic (exact) mass is 272 g/mol. The lowest BCUT2D eigenvalue weighted by atomic mass is 10.1. The predicted molar refractivity (Wildman–Crippen MR) is 75.6 cm³/mol. The minimum Gasteiger partial charge on any atom is -0.353 e. The first kappa shape index (κ1) is 15.3. The second kappa shape index (κ2) is 6.45. The molecule has 0 aromatic rings. The van der Waals surface area contributed by atoms with Crippen molar-refractivity contribution in [3.8, 4) is 0 Å². The molecule has 4 nitrogen and oxygen atoms in total. The Labute approximate surface area is 114 Å². The first-order chi connectivity index (χ1) is 8.28. The fourth-order valence-electron chi connectivity index (χ4n) is 1.93. The third-order valence-electron chi connectivity index (χ3n) is 2.88. The fraction of sp³-hybridized carbons (Fsp3) is 0.846. The Morgan fingerprint density at radius 2 is 1.83 bits per heavy atom. The summed E-state index contributed by atoms with van der Waals surface area (Å²) in [7, 11) is 0. The van der Waals surface area contributed by atoms with Crippen molar-refractivity contribution >= 4 is 23.6 Å². The van der Waals surface area contributed by atoms with Gasteiger partial charge in [-0.2, -0.15) is 0 Å². The van der Waals surface area contributed by atoms with E-state index in [4.69, 9.17) is 0 Å². The van der Waals surface area contributed by atoms with Crippen LogP contribution in [0, 0.1) is 0 Å². The Hall–Kier alpha value is -0.710. The molecule has 104 valence electrons. The molecule has 0 atom stereocenters. The van der Waals surface area contributed by atoms with E-state index in [0.717, 1.165) is 25.9 Å². The molecule has 1 saturated heterocycles. The summed E-state index contributed by atoms with van der Waals surface area (Å²) < 4.78 is 0.129. The quantitative estimate of drug-likeness (QED) is 0.850. The van der Waals surface area contributed by atoms with Crippen LogP contribution in [-0.4, -0.2) is 46.3 Å². The minimum atomic E-state index is 0.0167. The van der Waals surface area contributed by atoms with Gasteiger partial charge in [0.2, 0.25) is 11.8 Å². The Morgan fingerprint density at radius 1 is 1.28 bits per heavy atom. The van der Waals surface area contributed by atoms with Crippen LogP contribution in [0.1, 0.15) is 40.5 Å². The van der Waals surface area contributed by atoms with Gasteiger partial charge < -0.3 is 10.2 Å². The molecule has 0 aliphatic carbocycles. The third kappa shape index (κ3) is 5.76. The molecule has 1 heterocycles. The molecule has 1 N–H and O–H groups in total. The molecular weight excluding hydrogens is 248 g/mol. The number of carbonyl (C=O) groups is 2. The van der Waals surface area contributed by atoms with E-state index in [1.165, 1.54) is 6.92 Å². The summed E-state index contributed by atoms with van der Waals surface area (Å²) in [6, 6.07) is 0.238. The lowest BCUT2D eigenvalue weighted by Crippen LogP contribution is -2.46. The Kier molecular flexibility index (Phi) is 5.50. The summed E-state index contributed by atoms with van der Waals surface area (Å²) in [6.45, 7) is 9.41. The number of thioether (sulfide) groups is 1. The summed E-state index contributed by atoms with van der Waals surface area (Å²) in [6.07, 6.45) is 1.73. The highest BCUT2D eigenvalue weighted by Gasteiger charge is 2.24. The van der Waals surface area contributed by atoms with Crippen LogP contribution in [0.5, 0.6) is 0 Å². The van der Waals surface area contributed by atoms with Crippen LogP contribution in [0.2, 0.25) is 0 Å². The Morgan fingerprint density at radius 3 is 2.28 bits per heavy atom. The number of hydrogen-bond donors (Lipinski definition) is 1. The second-order valence-corrected chi connectivity index (χ2v) is 7.56. The average molecular weight is 272 g/mol. The molecule has 0 spiro atoms. The lowest BCUT2D eigenvalue weighted by Gasteiger charge is -2.32. The van der Waals surface area contributed by atoms with Crippen molar-refractivity contribution in [1.29, 1.82) is 0 Å². The van der Waals surface area contributed by atoms with Crippen molar-refractivity contribution in [1.82, 2.24) is 10.2 Å². The maximum atomic E-state index is 12.0. The number of hydrogen-bond acceptors (Lipinski definition) is 3. The predicted octanol–water partition coefficient (Wildman–Crippen LogP) is 1.65. The summed E-state index contributed by atoms with van der Waals surface area (Å²) in [4.78, 5) is 24.9. The summed E-state index contributed by atoms with van der Waals surface area (Å²) >= 11 is 1.69. The van der Waals surface area contributed by atoms with Gasteiger partial charge in [-0.1, -0.05) is 20.8 Å². The number of piperidine rings is 1. The molecule has 0 aromatic heterocycles. The lowest BCUT2D eigenvalue weighted by molar-refractivity contribution is -0.129. The van der Waals surface area contributed by atoms with E-state index in [-0.39, 0.29) is 22.6 Å². The minimum absolute atomic E-state index is 0.0167. The van der Waals surface area contributed by atoms with E-state index in [0.29, 0.717) is 5.75 Å². The topological polar surface area (TPSA) is 49.4 Å². The molecular formula is C13H24N2O2S. The number of likely N-dealkylation sites (tertiary alicyclic amines) is 1.